The molecule has 1 N–H and O–H groups in total. The molecular formula is C20H28N4O3S2. The monoisotopic (exact) mass is 436 g/mol. The number of carbonyl (C=O) groups excluding carboxylic acids is 1. The highest BCUT2D eigenvalue weighted by molar-refractivity contribution is 8.00. The Hall–Kier alpha value is -1.84. The number of hydrogen-bond acceptors (Lipinski definition) is 5. The molecule has 0 saturated carbocycles. The summed E-state index contributed by atoms with van der Waals surface area (Å²) >= 11 is 1.37. The number of imidazole rings is 1. The second-order valence-corrected chi connectivity index (χ2v) is 10.3. The Bertz CT molecular complexity index is 995. The normalized spacial score (nSPS) is 16.6. The van der Waals surface area contributed by atoms with E-state index in [-0.39, 0.29) is 16.1 Å². The first-order chi connectivity index (χ1) is 13.9. The van der Waals surface area contributed by atoms with E-state index >= 15 is 0 Å². The van der Waals surface area contributed by atoms with Gasteiger partial charge in [0.25, 0.3) is 0 Å². The Morgan fingerprint density at radius 2 is 2.07 bits per heavy atom. The minimum atomic E-state index is -3.51. The van der Waals surface area contributed by atoms with Crippen molar-refractivity contribution >= 4 is 38.7 Å². The molecule has 1 fully saturated rings. The highest BCUT2D eigenvalue weighted by atomic mass is 32.2. The lowest BCUT2D eigenvalue weighted by Gasteiger charge is -2.25. The lowest BCUT2D eigenvalue weighted by Crippen LogP contribution is -2.35. The first kappa shape index (κ1) is 21.9. The maximum absolute atomic E-state index is 13.0. The highest BCUT2D eigenvalue weighted by Crippen LogP contribution is 2.30. The predicted octanol–water partition coefficient (Wildman–Crippen LogP) is 3.01. The maximum atomic E-state index is 13.0. The summed E-state index contributed by atoms with van der Waals surface area (Å²) < 4.78 is 29.5. The Labute approximate surface area is 176 Å². The van der Waals surface area contributed by atoms with Gasteiger partial charge < -0.3 is 9.88 Å². The van der Waals surface area contributed by atoms with Crippen molar-refractivity contribution in [1.29, 1.82) is 0 Å². The van der Waals surface area contributed by atoms with Gasteiger partial charge in [0.2, 0.25) is 15.9 Å². The van der Waals surface area contributed by atoms with Crippen molar-refractivity contribution < 1.29 is 13.2 Å². The number of thioether (sulfide) groups is 1. The van der Waals surface area contributed by atoms with Gasteiger partial charge in [-0.15, -0.1) is 6.58 Å². The van der Waals surface area contributed by atoms with Crippen LogP contribution in [0.15, 0.2) is 40.9 Å². The summed E-state index contributed by atoms with van der Waals surface area (Å²) in [6.07, 6.45) is 4.52. The van der Waals surface area contributed by atoms with Gasteiger partial charge in [-0.2, -0.15) is 4.31 Å². The van der Waals surface area contributed by atoms with Crippen LogP contribution in [-0.4, -0.2) is 53.1 Å². The second-order valence-electron chi connectivity index (χ2n) is 7.05. The van der Waals surface area contributed by atoms with Crippen LogP contribution in [0.3, 0.4) is 0 Å². The molecule has 0 bridgehead atoms. The smallest absolute Gasteiger partial charge is 0.243 e. The number of piperidine rings is 1. The Balaban J connectivity index is 1.89. The summed E-state index contributed by atoms with van der Waals surface area (Å²) in [5, 5.41) is 3.17. The Kier molecular flexibility index (Phi) is 7.02. The number of aromatic nitrogens is 2. The first-order valence-electron chi connectivity index (χ1n) is 9.94. The molecule has 7 nitrogen and oxygen atoms in total. The molecule has 2 aromatic rings. The second kappa shape index (κ2) is 9.32. The van der Waals surface area contributed by atoms with Crippen molar-refractivity contribution in [2.45, 2.75) is 55.0 Å². The fraction of sp³-hybridized carbons (Fsp3) is 0.500. The molecule has 3 rings (SSSR count). The number of hydrogen-bond donors (Lipinski definition) is 1. The van der Waals surface area contributed by atoms with Gasteiger partial charge in [0.1, 0.15) is 0 Å². The minimum Gasteiger partial charge on any atom is -0.352 e. The standard InChI is InChI=1S/C20H28N4O3S2/c1-4-11-21-19(25)15(3)28-20-22-17-14-16(9-10-18(17)24(20)5-2)29(26,27)23-12-7-6-8-13-23/h4,9-10,14-15H,1,5-8,11-13H2,2-3H3,(H,21,25)/t15-/m0/s1. The molecule has 0 aliphatic carbocycles. The van der Waals surface area contributed by atoms with Gasteiger partial charge in [0, 0.05) is 26.2 Å². The maximum Gasteiger partial charge on any atom is 0.243 e. The van der Waals surface area contributed by atoms with E-state index in [4.69, 9.17) is 0 Å². The van der Waals surface area contributed by atoms with Crippen LogP contribution in [0.1, 0.15) is 33.1 Å². The molecule has 1 amide bonds. The van der Waals surface area contributed by atoms with Crippen molar-refractivity contribution in [3.63, 3.8) is 0 Å². The largest absolute Gasteiger partial charge is 0.352 e. The van der Waals surface area contributed by atoms with Crippen LogP contribution in [0, 0.1) is 0 Å². The average Bonchev–Trinajstić information content (AvgIpc) is 3.08. The molecule has 29 heavy (non-hydrogen) atoms. The van der Waals surface area contributed by atoms with E-state index in [1.54, 1.807) is 22.5 Å². The van der Waals surface area contributed by atoms with Gasteiger partial charge in [-0.05, 0) is 44.9 Å². The van der Waals surface area contributed by atoms with Crippen molar-refractivity contribution in [1.82, 2.24) is 19.2 Å². The fourth-order valence-electron chi connectivity index (χ4n) is 3.43. The molecular weight excluding hydrogens is 408 g/mol. The number of nitrogens with zero attached hydrogens (tertiary/aromatic N) is 3. The summed E-state index contributed by atoms with van der Waals surface area (Å²) in [5.41, 5.74) is 1.50. The first-order valence-corrected chi connectivity index (χ1v) is 12.3. The highest BCUT2D eigenvalue weighted by Gasteiger charge is 2.27. The lowest BCUT2D eigenvalue weighted by molar-refractivity contribution is -0.120. The average molecular weight is 437 g/mol. The predicted molar refractivity (Wildman–Crippen MR) is 117 cm³/mol. The number of nitrogens with one attached hydrogen (secondary N) is 1. The van der Waals surface area contributed by atoms with Crippen LogP contribution in [0.2, 0.25) is 0 Å². The quantitative estimate of drug-likeness (QED) is 0.508. The molecule has 1 aromatic carbocycles. The molecule has 1 atom stereocenters. The van der Waals surface area contributed by atoms with Crippen molar-refractivity contribution in [3.8, 4) is 0 Å². The van der Waals surface area contributed by atoms with Crippen LogP contribution in [0.4, 0.5) is 0 Å². The third-order valence-corrected chi connectivity index (χ3v) is 8.01. The van der Waals surface area contributed by atoms with Crippen LogP contribution in [0.5, 0.6) is 0 Å². The number of sulfonamides is 1. The van der Waals surface area contributed by atoms with E-state index < -0.39 is 10.0 Å². The fourth-order valence-corrected chi connectivity index (χ4v) is 5.98. The minimum absolute atomic E-state index is 0.0852. The zero-order chi connectivity index (χ0) is 21.0. The van der Waals surface area contributed by atoms with Crippen molar-refractivity contribution in [3.05, 3.63) is 30.9 Å². The van der Waals surface area contributed by atoms with E-state index in [1.165, 1.54) is 11.8 Å². The summed E-state index contributed by atoms with van der Waals surface area (Å²) in [7, 11) is -3.51. The topological polar surface area (TPSA) is 84.3 Å². The van der Waals surface area contributed by atoms with Crippen LogP contribution >= 0.6 is 11.8 Å². The van der Waals surface area contributed by atoms with E-state index in [9.17, 15) is 13.2 Å². The lowest BCUT2D eigenvalue weighted by atomic mass is 10.2. The number of fused-ring (bicyclic) bond motifs is 1. The molecule has 2 heterocycles. The number of carbonyl (C=O) groups is 1. The van der Waals surface area contributed by atoms with Crippen molar-refractivity contribution in [2.24, 2.45) is 0 Å². The molecule has 1 saturated heterocycles. The molecule has 1 aromatic heterocycles. The SMILES string of the molecule is C=CCNC(=O)[C@H](C)Sc1nc2cc(S(=O)(=O)N3CCCCC3)ccc2n1CC. The number of aryl methyl sites for hydroxylation is 1. The zero-order valence-electron chi connectivity index (χ0n) is 16.9. The summed E-state index contributed by atoms with van der Waals surface area (Å²) in [6, 6.07) is 5.13. The molecule has 1 aliphatic heterocycles. The Morgan fingerprint density at radius 1 is 1.34 bits per heavy atom. The van der Waals surface area contributed by atoms with E-state index in [0.29, 0.717) is 36.9 Å². The van der Waals surface area contributed by atoms with Gasteiger partial charge >= 0.3 is 0 Å². The summed E-state index contributed by atoms with van der Waals surface area (Å²) in [6.45, 7) is 9.68. The zero-order valence-corrected chi connectivity index (χ0v) is 18.6. The molecule has 0 radical (unpaired) electrons. The number of rotatable bonds is 8. The van der Waals surface area contributed by atoms with Crippen LogP contribution in [0.25, 0.3) is 11.0 Å². The van der Waals surface area contributed by atoms with Gasteiger partial charge in [0.05, 0.1) is 21.2 Å². The molecule has 0 spiro atoms. The van der Waals surface area contributed by atoms with E-state index in [0.717, 1.165) is 24.8 Å². The molecule has 9 heteroatoms. The Morgan fingerprint density at radius 3 is 2.72 bits per heavy atom. The molecule has 1 aliphatic rings. The van der Waals surface area contributed by atoms with Crippen molar-refractivity contribution in [2.75, 3.05) is 19.6 Å². The van der Waals surface area contributed by atoms with E-state index in [1.807, 2.05) is 24.5 Å². The summed E-state index contributed by atoms with van der Waals surface area (Å²) in [4.78, 5) is 17.1. The number of benzene rings is 1. The van der Waals surface area contributed by atoms with Gasteiger partial charge in [-0.25, -0.2) is 13.4 Å². The third-order valence-electron chi connectivity index (χ3n) is 5.03. The van der Waals surface area contributed by atoms with Crippen LogP contribution < -0.4 is 5.32 Å². The van der Waals surface area contributed by atoms with Crippen LogP contribution in [-0.2, 0) is 21.4 Å². The van der Waals surface area contributed by atoms with Gasteiger partial charge in [0.15, 0.2) is 5.16 Å². The summed E-state index contributed by atoms with van der Waals surface area (Å²) in [5.74, 6) is -0.0852. The third kappa shape index (κ3) is 4.67. The van der Waals surface area contributed by atoms with E-state index in [2.05, 4.69) is 16.9 Å². The van der Waals surface area contributed by atoms with Gasteiger partial charge in [-0.1, -0.05) is 24.3 Å². The molecule has 158 valence electrons. The van der Waals surface area contributed by atoms with Gasteiger partial charge in [-0.3, -0.25) is 4.79 Å². The molecule has 0 unspecified atom stereocenters. The number of amides is 1.